The molecule has 18 heavy (non-hydrogen) atoms. The van der Waals surface area contributed by atoms with E-state index < -0.39 is 21.1 Å². The Bertz CT molecular complexity index is 575. The molecule has 1 atom stereocenters. The van der Waals surface area contributed by atoms with Crippen molar-refractivity contribution in [1.29, 1.82) is 0 Å². The zero-order chi connectivity index (χ0) is 13.3. The Morgan fingerprint density at radius 1 is 1.44 bits per heavy atom. The molecule has 1 heterocycles. The van der Waals surface area contributed by atoms with Crippen molar-refractivity contribution in [1.82, 2.24) is 0 Å². The van der Waals surface area contributed by atoms with Crippen molar-refractivity contribution in [2.24, 2.45) is 0 Å². The third-order valence-electron chi connectivity index (χ3n) is 2.83. The Morgan fingerprint density at radius 3 is 2.67 bits per heavy atom. The summed E-state index contributed by atoms with van der Waals surface area (Å²) in [6, 6.07) is 3.65. The molecule has 1 unspecified atom stereocenters. The van der Waals surface area contributed by atoms with Gasteiger partial charge in [0, 0.05) is 6.61 Å². The van der Waals surface area contributed by atoms with Crippen LogP contribution in [0.2, 0.25) is 5.02 Å². The van der Waals surface area contributed by atoms with Crippen molar-refractivity contribution in [3.8, 4) is 0 Å². The standard InChI is InChI=1S/C11H11ClO5S/c12-10-5-7(1-2-9(10)11(13)14)18(15,16)8-3-4-17-6-8/h1-2,5,8H,3-4,6H2,(H,13,14). The van der Waals surface area contributed by atoms with Crippen molar-refractivity contribution >= 4 is 27.4 Å². The normalized spacial score (nSPS) is 19.9. The quantitative estimate of drug-likeness (QED) is 0.914. The molecule has 0 amide bonds. The van der Waals surface area contributed by atoms with E-state index in [1.54, 1.807) is 0 Å². The molecule has 1 aromatic rings. The van der Waals surface area contributed by atoms with Crippen LogP contribution < -0.4 is 0 Å². The number of hydrogen-bond acceptors (Lipinski definition) is 4. The fourth-order valence-electron chi connectivity index (χ4n) is 1.80. The summed E-state index contributed by atoms with van der Waals surface area (Å²) in [5.74, 6) is -1.19. The van der Waals surface area contributed by atoms with Gasteiger partial charge in [-0.2, -0.15) is 0 Å². The van der Waals surface area contributed by atoms with Crippen LogP contribution in [0.3, 0.4) is 0 Å². The van der Waals surface area contributed by atoms with E-state index in [-0.39, 0.29) is 22.1 Å². The summed E-state index contributed by atoms with van der Waals surface area (Å²) in [7, 11) is -3.51. The van der Waals surface area contributed by atoms with E-state index in [1.807, 2.05) is 0 Å². The van der Waals surface area contributed by atoms with Crippen LogP contribution >= 0.6 is 11.6 Å². The monoisotopic (exact) mass is 290 g/mol. The number of carboxylic acids is 1. The van der Waals surface area contributed by atoms with Crippen molar-refractivity contribution in [2.75, 3.05) is 13.2 Å². The van der Waals surface area contributed by atoms with Crippen LogP contribution in [0.25, 0.3) is 0 Å². The maximum atomic E-state index is 12.2. The van der Waals surface area contributed by atoms with Gasteiger partial charge in [0.25, 0.3) is 0 Å². The number of ether oxygens (including phenoxy) is 1. The largest absolute Gasteiger partial charge is 0.478 e. The van der Waals surface area contributed by atoms with Crippen LogP contribution in [-0.4, -0.2) is 38.0 Å². The van der Waals surface area contributed by atoms with Crippen molar-refractivity contribution in [3.05, 3.63) is 28.8 Å². The van der Waals surface area contributed by atoms with Gasteiger partial charge in [0.05, 0.1) is 27.3 Å². The SMILES string of the molecule is O=C(O)c1ccc(S(=O)(=O)C2CCOC2)cc1Cl. The van der Waals surface area contributed by atoms with Gasteiger partial charge in [0.2, 0.25) is 0 Å². The van der Waals surface area contributed by atoms with Gasteiger partial charge in [-0.1, -0.05) is 11.6 Å². The fraction of sp³-hybridized carbons (Fsp3) is 0.364. The Kier molecular flexibility index (Phi) is 3.61. The molecule has 1 aliphatic heterocycles. The number of halogens is 1. The molecule has 0 radical (unpaired) electrons. The lowest BCUT2D eigenvalue weighted by molar-refractivity contribution is 0.0697. The first-order valence-electron chi connectivity index (χ1n) is 5.27. The smallest absolute Gasteiger partial charge is 0.337 e. The zero-order valence-electron chi connectivity index (χ0n) is 9.30. The number of carboxylic acid groups (broad SMARTS) is 1. The lowest BCUT2D eigenvalue weighted by atomic mass is 10.2. The number of rotatable bonds is 3. The summed E-state index contributed by atoms with van der Waals surface area (Å²) in [4.78, 5) is 10.8. The number of aromatic carboxylic acids is 1. The van der Waals surface area contributed by atoms with Gasteiger partial charge in [0.15, 0.2) is 9.84 Å². The van der Waals surface area contributed by atoms with Crippen LogP contribution in [0.15, 0.2) is 23.1 Å². The first-order chi connectivity index (χ1) is 8.43. The lowest BCUT2D eigenvalue weighted by Gasteiger charge is -2.10. The number of sulfone groups is 1. The predicted octanol–water partition coefficient (Wildman–Crippen LogP) is 1.60. The molecule has 5 nitrogen and oxygen atoms in total. The second-order valence-corrected chi connectivity index (χ2v) is 6.61. The first kappa shape index (κ1) is 13.3. The molecule has 1 aromatic carbocycles. The highest BCUT2D eigenvalue weighted by atomic mass is 35.5. The van der Waals surface area contributed by atoms with Gasteiger partial charge < -0.3 is 9.84 Å². The van der Waals surface area contributed by atoms with E-state index in [2.05, 4.69) is 0 Å². The number of carbonyl (C=O) groups is 1. The van der Waals surface area contributed by atoms with Gasteiger partial charge in [-0.25, -0.2) is 13.2 Å². The van der Waals surface area contributed by atoms with Crippen LogP contribution in [0.5, 0.6) is 0 Å². The third kappa shape index (κ3) is 2.36. The van der Waals surface area contributed by atoms with Gasteiger partial charge in [-0.05, 0) is 24.6 Å². The fourth-order valence-corrected chi connectivity index (χ4v) is 3.73. The summed E-state index contributed by atoms with van der Waals surface area (Å²) in [5, 5.41) is 8.16. The molecule has 0 saturated carbocycles. The molecule has 1 N–H and O–H groups in total. The number of benzene rings is 1. The molecule has 0 aliphatic carbocycles. The third-order valence-corrected chi connectivity index (χ3v) is 5.30. The molecule has 98 valence electrons. The Hall–Kier alpha value is -1.11. The van der Waals surface area contributed by atoms with E-state index >= 15 is 0 Å². The minimum Gasteiger partial charge on any atom is -0.478 e. The van der Waals surface area contributed by atoms with Gasteiger partial charge in [-0.3, -0.25) is 0 Å². The molecule has 0 spiro atoms. The molecule has 2 rings (SSSR count). The Labute approximate surface area is 109 Å². The van der Waals surface area contributed by atoms with E-state index in [4.69, 9.17) is 21.4 Å². The molecular formula is C11H11ClO5S. The minimum atomic E-state index is -3.51. The maximum Gasteiger partial charge on any atom is 0.337 e. The zero-order valence-corrected chi connectivity index (χ0v) is 10.9. The van der Waals surface area contributed by atoms with Crippen LogP contribution in [0.1, 0.15) is 16.8 Å². The molecule has 1 fully saturated rings. The van der Waals surface area contributed by atoms with Crippen LogP contribution in [0, 0.1) is 0 Å². The Morgan fingerprint density at radius 2 is 2.17 bits per heavy atom. The van der Waals surface area contributed by atoms with E-state index in [0.29, 0.717) is 13.0 Å². The second kappa shape index (κ2) is 4.87. The van der Waals surface area contributed by atoms with Crippen LogP contribution in [0.4, 0.5) is 0 Å². The number of hydrogen-bond donors (Lipinski definition) is 1. The van der Waals surface area contributed by atoms with E-state index in [1.165, 1.54) is 18.2 Å². The van der Waals surface area contributed by atoms with Gasteiger partial charge in [-0.15, -0.1) is 0 Å². The second-order valence-electron chi connectivity index (χ2n) is 3.98. The predicted molar refractivity (Wildman–Crippen MR) is 64.8 cm³/mol. The molecule has 0 aromatic heterocycles. The molecule has 1 aliphatic rings. The average Bonchev–Trinajstić information content (AvgIpc) is 2.82. The van der Waals surface area contributed by atoms with Crippen LogP contribution in [-0.2, 0) is 14.6 Å². The highest BCUT2D eigenvalue weighted by molar-refractivity contribution is 7.92. The molecule has 1 saturated heterocycles. The van der Waals surface area contributed by atoms with E-state index in [9.17, 15) is 13.2 Å². The summed E-state index contributed by atoms with van der Waals surface area (Å²) in [6.07, 6.45) is 0.445. The Balaban J connectivity index is 2.40. The maximum absolute atomic E-state index is 12.2. The van der Waals surface area contributed by atoms with Crippen molar-refractivity contribution < 1.29 is 23.1 Å². The van der Waals surface area contributed by atoms with Gasteiger partial charge >= 0.3 is 5.97 Å². The minimum absolute atomic E-state index is 0.0352. The molecular weight excluding hydrogens is 280 g/mol. The highest BCUT2D eigenvalue weighted by Gasteiger charge is 2.31. The van der Waals surface area contributed by atoms with Gasteiger partial charge in [0.1, 0.15) is 0 Å². The lowest BCUT2D eigenvalue weighted by Crippen LogP contribution is -2.21. The summed E-state index contributed by atoms with van der Waals surface area (Å²) in [5.41, 5.74) is -0.113. The summed E-state index contributed by atoms with van der Waals surface area (Å²) in [6.45, 7) is 0.589. The summed E-state index contributed by atoms with van der Waals surface area (Å²) >= 11 is 5.76. The highest BCUT2D eigenvalue weighted by Crippen LogP contribution is 2.26. The van der Waals surface area contributed by atoms with Crippen molar-refractivity contribution in [2.45, 2.75) is 16.6 Å². The average molecular weight is 291 g/mol. The molecule has 0 bridgehead atoms. The summed E-state index contributed by atoms with van der Waals surface area (Å²) < 4.78 is 29.4. The van der Waals surface area contributed by atoms with E-state index in [0.717, 1.165) is 0 Å². The topological polar surface area (TPSA) is 80.7 Å². The first-order valence-corrected chi connectivity index (χ1v) is 7.20. The molecule has 7 heteroatoms. The van der Waals surface area contributed by atoms with Crippen molar-refractivity contribution in [3.63, 3.8) is 0 Å².